The van der Waals surface area contributed by atoms with Crippen LogP contribution in [0.3, 0.4) is 0 Å². The Hall–Kier alpha value is -0.930. The van der Waals surface area contributed by atoms with E-state index >= 15 is 0 Å². The van der Waals surface area contributed by atoms with Crippen molar-refractivity contribution in [1.29, 1.82) is 0 Å². The standard InChI is InChI=1S/C12H16ClNO2/c13-10-3-4-11(15)12(16)9(10)6-8-2-1-5-14-7-8/h3-4,8,14-16H,1-2,5-7H2. The average Bonchev–Trinajstić information content (AvgIpc) is 2.31. The zero-order valence-electron chi connectivity index (χ0n) is 9.04. The van der Waals surface area contributed by atoms with Gasteiger partial charge in [-0.05, 0) is 50.4 Å². The molecular weight excluding hydrogens is 226 g/mol. The quantitative estimate of drug-likeness (QED) is 0.697. The van der Waals surface area contributed by atoms with Crippen molar-refractivity contribution in [3.05, 3.63) is 22.7 Å². The molecule has 1 atom stereocenters. The number of hydrogen-bond donors (Lipinski definition) is 3. The molecule has 0 amide bonds. The number of aromatic hydroxyl groups is 2. The highest BCUT2D eigenvalue weighted by atomic mass is 35.5. The normalized spacial score (nSPS) is 20.9. The number of nitrogens with one attached hydrogen (secondary N) is 1. The van der Waals surface area contributed by atoms with Crippen LogP contribution in [-0.2, 0) is 6.42 Å². The molecule has 16 heavy (non-hydrogen) atoms. The number of halogens is 1. The molecule has 1 fully saturated rings. The van der Waals surface area contributed by atoms with Crippen LogP contribution in [0.15, 0.2) is 12.1 Å². The predicted molar refractivity (Wildman–Crippen MR) is 64.1 cm³/mol. The van der Waals surface area contributed by atoms with Crippen LogP contribution in [0, 0.1) is 5.92 Å². The molecule has 1 aliphatic rings. The maximum Gasteiger partial charge on any atom is 0.162 e. The van der Waals surface area contributed by atoms with E-state index in [1.54, 1.807) is 6.07 Å². The lowest BCUT2D eigenvalue weighted by molar-refractivity contribution is 0.362. The van der Waals surface area contributed by atoms with E-state index in [2.05, 4.69) is 5.32 Å². The summed E-state index contributed by atoms with van der Waals surface area (Å²) in [7, 11) is 0. The third-order valence-corrected chi connectivity index (χ3v) is 3.45. The van der Waals surface area contributed by atoms with Gasteiger partial charge in [0.05, 0.1) is 0 Å². The van der Waals surface area contributed by atoms with Gasteiger partial charge >= 0.3 is 0 Å². The molecule has 1 aromatic carbocycles. The fourth-order valence-electron chi connectivity index (χ4n) is 2.18. The fourth-order valence-corrected chi connectivity index (χ4v) is 2.41. The molecule has 3 N–H and O–H groups in total. The van der Waals surface area contributed by atoms with Gasteiger partial charge in [0.2, 0.25) is 0 Å². The number of rotatable bonds is 2. The average molecular weight is 242 g/mol. The monoisotopic (exact) mass is 241 g/mol. The molecule has 4 heteroatoms. The van der Waals surface area contributed by atoms with Crippen molar-refractivity contribution in [2.45, 2.75) is 19.3 Å². The molecule has 88 valence electrons. The SMILES string of the molecule is Oc1ccc(Cl)c(CC2CCCNC2)c1O. The third kappa shape index (κ3) is 2.42. The zero-order chi connectivity index (χ0) is 11.5. The molecule has 0 aliphatic carbocycles. The summed E-state index contributed by atoms with van der Waals surface area (Å²) in [5.74, 6) is 0.320. The van der Waals surface area contributed by atoms with Crippen molar-refractivity contribution in [3.8, 4) is 11.5 Å². The van der Waals surface area contributed by atoms with Crippen LogP contribution in [0.4, 0.5) is 0 Å². The molecule has 1 unspecified atom stereocenters. The maximum absolute atomic E-state index is 9.75. The molecule has 0 aromatic heterocycles. The first-order valence-electron chi connectivity index (χ1n) is 5.58. The van der Waals surface area contributed by atoms with Gasteiger partial charge < -0.3 is 15.5 Å². The predicted octanol–water partition coefficient (Wildman–Crippen LogP) is 2.29. The van der Waals surface area contributed by atoms with Crippen molar-refractivity contribution < 1.29 is 10.2 Å². The Bertz CT molecular complexity index is 376. The Morgan fingerprint density at radius 3 is 2.88 bits per heavy atom. The summed E-state index contributed by atoms with van der Waals surface area (Å²) in [5.41, 5.74) is 0.662. The highest BCUT2D eigenvalue weighted by molar-refractivity contribution is 6.31. The van der Waals surface area contributed by atoms with E-state index in [9.17, 15) is 10.2 Å². The Balaban J connectivity index is 2.16. The molecule has 0 saturated carbocycles. The number of hydrogen-bond acceptors (Lipinski definition) is 3. The number of benzene rings is 1. The number of phenols is 2. The summed E-state index contributed by atoms with van der Waals surface area (Å²) in [6, 6.07) is 3.04. The van der Waals surface area contributed by atoms with E-state index in [-0.39, 0.29) is 11.5 Å². The number of piperidine rings is 1. The molecule has 0 spiro atoms. The molecule has 0 bridgehead atoms. The zero-order valence-corrected chi connectivity index (χ0v) is 9.80. The minimum absolute atomic E-state index is 0.0712. The van der Waals surface area contributed by atoms with Gasteiger partial charge in [-0.15, -0.1) is 0 Å². The Kier molecular flexibility index (Phi) is 3.56. The van der Waals surface area contributed by atoms with Crippen LogP contribution in [0.25, 0.3) is 0 Å². The minimum Gasteiger partial charge on any atom is -0.504 e. The van der Waals surface area contributed by atoms with Crippen molar-refractivity contribution in [2.75, 3.05) is 13.1 Å². The number of phenolic OH excluding ortho intramolecular Hbond substituents is 2. The van der Waals surface area contributed by atoms with Crippen LogP contribution < -0.4 is 5.32 Å². The maximum atomic E-state index is 9.75. The highest BCUT2D eigenvalue weighted by Gasteiger charge is 2.18. The molecule has 0 radical (unpaired) electrons. The highest BCUT2D eigenvalue weighted by Crippen LogP contribution is 2.36. The molecule has 1 aliphatic heterocycles. The first-order chi connectivity index (χ1) is 7.68. The van der Waals surface area contributed by atoms with Crippen LogP contribution >= 0.6 is 11.6 Å². The molecule has 1 aromatic rings. The minimum atomic E-state index is -0.0943. The van der Waals surface area contributed by atoms with Gasteiger partial charge in [-0.1, -0.05) is 11.6 Å². The van der Waals surface area contributed by atoms with Gasteiger partial charge in [-0.25, -0.2) is 0 Å². The van der Waals surface area contributed by atoms with Gasteiger partial charge in [0.15, 0.2) is 11.5 Å². The van der Waals surface area contributed by atoms with Gasteiger partial charge in [0, 0.05) is 10.6 Å². The van der Waals surface area contributed by atoms with E-state index in [1.807, 2.05) is 0 Å². The smallest absolute Gasteiger partial charge is 0.162 e. The second-order valence-corrected chi connectivity index (χ2v) is 4.72. The first-order valence-corrected chi connectivity index (χ1v) is 5.96. The van der Waals surface area contributed by atoms with Crippen molar-refractivity contribution in [3.63, 3.8) is 0 Å². The van der Waals surface area contributed by atoms with Gasteiger partial charge in [-0.3, -0.25) is 0 Å². The van der Waals surface area contributed by atoms with E-state index < -0.39 is 0 Å². The van der Waals surface area contributed by atoms with E-state index in [4.69, 9.17) is 11.6 Å². The second-order valence-electron chi connectivity index (χ2n) is 4.31. The molecule has 1 heterocycles. The van der Waals surface area contributed by atoms with Crippen molar-refractivity contribution in [1.82, 2.24) is 5.32 Å². The third-order valence-electron chi connectivity index (χ3n) is 3.10. The molecule has 2 rings (SSSR count). The largest absolute Gasteiger partial charge is 0.504 e. The van der Waals surface area contributed by atoms with Crippen molar-refractivity contribution >= 4 is 11.6 Å². The summed E-state index contributed by atoms with van der Waals surface area (Å²) in [6.07, 6.45) is 3.01. The first kappa shape index (κ1) is 11.6. The van der Waals surface area contributed by atoms with E-state index in [0.717, 1.165) is 25.9 Å². The van der Waals surface area contributed by atoms with Gasteiger partial charge in [0.1, 0.15) is 0 Å². The van der Waals surface area contributed by atoms with Gasteiger partial charge in [0.25, 0.3) is 0 Å². The lowest BCUT2D eigenvalue weighted by Gasteiger charge is -2.23. The van der Waals surface area contributed by atoms with Crippen molar-refractivity contribution in [2.24, 2.45) is 5.92 Å². The second kappa shape index (κ2) is 4.93. The van der Waals surface area contributed by atoms with E-state index in [1.165, 1.54) is 6.07 Å². The van der Waals surface area contributed by atoms with E-state index in [0.29, 0.717) is 22.9 Å². The summed E-state index contributed by atoms with van der Waals surface area (Å²) in [6.45, 7) is 2.02. The summed E-state index contributed by atoms with van der Waals surface area (Å²) in [4.78, 5) is 0. The fraction of sp³-hybridized carbons (Fsp3) is 0.500. The van der Waals surface area contributed by atoms with Crippen LogP contribution in [-0.4, -0.2) is 23.3 Å². The van der Waals surface area contributed by atoms with Crippen LogP contribution in [0.2, 0.25) is 5.02 Å². The lowest BCUT2D eigenvalue weighted by atomic mass is 9.92. The summed E-state index contributed by atoms with van der Waals surface area (Å²) < 4.78 is 0. The van der Waals surface area contributed by atoms with Crippen LogP contribution in [0.5, 0.6) is 11.5 Å². The summed E-state index contributed by atoms with van der Waals surface area (Å²) in [5, 5.41) is 23.0. The topological polar surface area (TPSA) is 52.5 Å². The Labute approximate surface area is 100 Å². The lowest BCUT2D eigenvalue weighted by Crippen LogP contribution is -2.30. The molecule has 1 saturated heterocycles. The van der Waals surface area contributed by atoms with Crippen LogP contribution in [0.1, 0.15) is 18.4 Å². The Morgan fingerprint density at radius 2 is 2.19 bits per heavy atom. The molecule has 3 nitrogen and oxygen atoms in total. The van der Waals surface area contributed by atoms with Gasteiger partial charge in [-0.2, -0.15) is 0 Å². The molecular formula is C12H16ClNO2. The summed E-state index contributed by atoms with van der Waals surface area (Å²) >= 11 is 6.03. The Morgan fingerprint density at radius 1 is 1.38 bits per heavy atom.